The minimum atomic E-state index is -3.88. The van der Waals surface area contributed by atoms with Gasteiger partial charge < -0.3 is 9.88 Å². The first-order valence-electron chi connectivity index (χ1n) is 7.65. The van der Waals surface area contributed by atoms with Crippen LogP contribution in [0.4, 0.5) is 14.5 Å². The maximum absolute atomic E-state index is 14.6. The van der Waals surface area contributed by atoms with Crippen molar-refractivity contribution in [3.05, 3.63) is 47.3 Å². The number of amides is 1. The molecule has 0 atom stereocenters. The van der Waals surface area contributed by atoms with Crippen LogP contribution < -0.4 is 5.32 Å². The first-order chi connectivity index (χ1) is 12.1. The fourth-order valence-corrected chi connectivity index (χ4v) is 4.20. The standard InChI is InChI=1S/C17H17F2N3O3S/c1-10(2)9-26(24,25)14-8-22(3)16(15(14)19)17(23)21-12-4-5-13(18)11(6-12)7-20/h4-6,8,10H,9H2,1-3H3,(H,21,23). The van der Waals surface area contributed by atoms with Crippen LogP contribution in [0.5, 0.6) is 0 Å². The van der Waals surface area contributed by atoms with Gasteiger partial charge in [0.1, 0.15) is 22.5 Å². The van der Waals surface area contributed by atoms with Gasteiger partial charge in [-0.05, 0) is 24.1 Å². The first-order valence-corrected chi connectivity index (χ1v) is 9.30. The molecule has 1 aromatic carbocycles. The number of benzene rings is 1. The van der Waals surface area contributed by atoms with Crippen molar-refractivity contribution in [2.24, 2.45) is 13.0 Å². The van der Waals surface area contributed by atoms with Crippen LogP contribution in [0, 0.1) is 28.9 Å². The second kappa shape index (κ2) is 7.25. The van der Waals surface area contributed by atoms with Crippen molar-refractivity contribution in [2.75, 3.05) is 11.1 Å². The van der Waals surface area contributed by atoms with E-state index in [-0.39, 0.29) is 22.9 Å². The number of hydrogen-bond acceptors (Lipinski definition) is 4. The Labute approximate surface area is 150 Å². The lowest BCUT2D eigenvalue weighted by molar-refractivity contribution is 0.101. The van der Waals surface area contributed by atoms with E-state index < -0.39 is 38.0 Å². The maximum Gasteiger partial charge on any atom is 0.275 e. The molecule has 0 aliphatic carbocycles. The summed E-state index contributed by atoms with van der Waals surface area (Å²) in [6.07, 6.45) is 1.05. The molecule has 0 saturated heterocycles. The van der Waals surface area contributed by atoms with Crippen molar-refractivity contribution < 1.29 is 22.0 Å². The summed E-state index contributed by atoms with van der Waals surface area (Å²) < 4.78 is 53.6. The fraction of sp³-hybridized carbons (Fsp3) is 0.294. The molecule has 1 N–H and O–H groups in total. The summed E-state index contributed by atoms with van der Waals surface area (Å²) in [4.78, 5) is 11.8. The van der Waals surface area contributed by atoms with Crippen molar-refractivity contribution in [2.45, 2.75) is 18.7 Å². The number of carbonyl (C=O) groups excluding carboxylic acids is 1. The van der Waals surface area contributed by atoms with Crippen molar-refractivity contribution in [1.82, 2.24) is 4.57 Å². The number of nitriles is 1. The number of carbonyl (C=O) groups is 1. The fourth-order valence-electron chi connectivity index (χ4n) is 2.45. The van der Waals surface area contributed by atoms with Crippen LogP contribution in [0.25, 0.3) is 0 Å². The Kier molecular flexibility index (Phi) is 5.47. The van der Waals surface area contributed by atoms with E-state index in [0.29, 0.717) is 0 Å². The SMILES string of the molecule is CC(C)CS(=O)(=O)c1cn(C)c(C(=O)Nc2ccc(F)c(C#N)c2)c1F. The summed E-state index contributed by atoms with van der Waals surface area (Å²) in [5.41, 5.74) is -0.675. The molecule has 138 valence electrons. The highest BCUT2D eigenvalue weighted by Gasteiger charge is 2.29. The first kappa shape index (κ1) is 19.6. The van der Waals surface area contributed by atoms with E-state index in [1.807, 2.05) is 0 Å². The minimum Gasteiger partial charge on any atom is -0.343 e. The maximum atomic E-state index is 14.6. The molecule has 6 nitrogen and oxygen atoms in total. The van der Waals surface area contributed by atoms with Gasteiger partial charge in [-0.1, -0.05) is 13.8 Å². The van der Waals surface area contributed by atoms with Crippen molar-refractivity contribution in [3.8, 4) is 6.07 Å². The Bertz CT molecular complexity index is 1000. The Morgan fingerprint density at radius 1 is 1.35 bits per heavy atom. The molecule has 0 bridgehead atoms. The Hall–Kier alpha value is -2.73. The van der Waals surface area contributed by atoms with Gasteiger partial charge in [-0.25, -0.2) is 17.2 Å². The van der Waals surface area contributed by atoms with Gasteiger partial charge >= 0.3 is 0 Å². The van der Waals surface area contributed by atoms with Gasteiger partial charge in [0.25, 0.3) is 5.91 Å². The zero-order valence-electron chi connectivity index (χ0n) is 14.4. The molecule has 0 aliphatic heterocycles. The topological polar surface area (TPSA) is 92.0 Å². The number of sulfone groups is 1. The molecule has 0 saturated carbocycles. The van der Waals surface area contributed by atoms with E-state index >= 15 is 0 Å². The number of anilines is 1. The third-order valence-corrected chi connectivity index (χ3v) is 5.60. The second-order valence-electron chi connectivity index (χ2n) is 6.20. The lowest BCUT2D eigenvalue weighted by Gasteiger charge is -2.07. The molecule has 2 aromatic rings. The second-order valence-corrected chi connectivity index (χ2v) is 8.21. The van der Waals surface area contributed by atoms with Gasteiger partial charge in [-0.15, -0.1) is 0 Å². The van der Waals surface area contributed by atoms with E-state index in [9.17, 15) is 22.0 Å². The molecule has 1 aromatic heterocycles. The summed E-state index contributed by atoms with van der Waals surface area (Å²) in [6, 6.07) is 4.94. The largest absolute Gasteiger partial charge is 0.343 e. The molecule has 0 unspecified atom stereocenters. The predicted octanol–water partition coefficient (Wildman–Crippen LogP) is 2.86. The molecule has 0 fully saturated rings. The van der Waals surface area contributed by atoms with Crippen LogP contribution in [0.3, 0.4) is 0 Å². The normalized spacial score (nSPS) is 11.4. The average molecular weight is 381 g/mol. The molecule has 0 radical (unpaired) electrons. The molecule has 26 heavy (non-hydrogen) atoms. The lowest BCUT2D eigenvalue weighted by atomic mass is 10.2. The zero-order valence-corrected chi connectivity index (χ0v) is 15.2. The number of aromatic nitrogens is 1. The van der Waals surface area contributed by atoms with Crippen LogP contribution in [-0.4, -0.2) is 24.6 Å². The van der Waals surface area contributed by atoms with Crippen LogP contribution in [0.1, 0.15) is 29.9 Å². The molecule has 1 heterocycles. The molecule has 0 spiro atoms. The number of hydrogen-bond donors (Lipinski definition) is 1. The lowest BCUT2D eigenvalue weighted by Crippen LogP contribution is -2.17. The molecule has 2 rings (SSSR count). The zero-order chi connectivity index (χ0) is 19.6. The van der Waals surface area contributed by atoms with Crippen molar-refractivity contribution >= 4 is 21.4 Å². The summed E-state index contributed by atoms with van der Waals surface area (Å²) in [7, 11) is -2.54. The van der Waals surface area contributed by atoms with Gasteiger partial charge in [0, 0.05) is 18.9 Å². The van der Waals surface area contributed by atoms with Gasteiger partial charge in [-0.2, -0.15) is 5.26 Å². The molecule has 0 aliphatic rings. The number of rotatable bonds is 5. The smallest absolute Gasteiger partial charge is 0.275 e. The van der Waals surface area contributed by atoms with Crippen LogP contribution in [0.15, 0.2) is 29.3 Å². The molecule has 1 amide bonds. The summed E-state index contributed by atoms with van der Waals surface area (Å²) in [6.45, 7) is 3.38. The number of halogens is 2. The molecular weight excluding hydrogens is 364 g/mol. The molecule has 9 heteroatoms. The summed E-state index contributed by atoms with van der Waals surface area (Å²) in [5.74, 6) is -3.27. The highest BCUT2D eigenvalue weighted by molar-refractivity contribution is 7.91. The van der Waals surface area contributed by atoms with E-state index in [0.717, 1.165) is 22.9 Å². The number of aryl methyl sites for hydroxylation is 1. The third kappa shape index (κ3) is 3.91. The quantitative estimate of drug-likeness (QED) is 0.862. The van der Waals surface area contributed by atoms with Gasteiger partial charge in [0.2, 0.25) is 0 Å². The van der Waals surface area contributed by atoms with Crippen molar-refractivity contribution in [3.63, 3.8) is 0 Å². The third-order valence-electron chi connectivity index (χ3n) is 3.54. The van der Waals surface area contributed by atoms with Crippen LogP contribution in [-0.2, 0) is 16.9 Å². The average Bonchev–Trinajstić information content (AvgIpc) is 2.83. The van der Waals surface area contributed by atoms with E-state index in [1.165, 1.54) is 13.1 Å². The Morgan fingerprint density at radius 3 is 2.58 bits per heavy atom. The van der Waals surface area contributed by atoms with Crippen molar-refractivity contribution in [1.29, 1.82) is 5.26 Å². The van der Waals surface area contributed by atoms with Crippen LogP contribution >= 0.6 is 0 Å². The van der Waals surface area contributed by atoms with E-state index in [4.69, 9.17) is 5.26 Å². The minimum absolute atomic E-state index is 0.0835. The van der Waals surface area contributed by atoms with E-state index in [2.05, 4.69) is 5.32 Å². The van der Waals surface area contributed by atoms with Gasteiger partial charge in [0.05, 0.1) is 11.3 Å². The summed E-state index contributed by atoms with van der Waals surface area (Å²) in [5, 5.41) is 11.1. The Balaban J connectivity index is 2.38. The molecular formula is C17H17F2N3O3S. The highest BCUT2D eigenvalue weighted by atomic mass is 32.2. The predicted molar refractivity (Wildman–Crippen MR) is 91.3 cm³/mol. The number of nitrogens with one attached hydrogen (secondary N) is 1. The highest BCUT2D eigenvalue weighted by Crippen LogP contribution is 2.24. The van der Waals surface area contributed by atoms with Gasteiger partial charge in [0.15, 0.2) is 15.7 Å². The van der Waals surface area contributed by atoms with Crippen LogP contribution in [0.2, 0.25) is 0 Å². The van der Waals surface area contributed by atoms with E-state index in [1.54, 1.807) is 19.9 Å². The summed E-state index contributed by atoms with van der Waals surface area (Å²) >= 11 is 0. The Morgan fingerprint density at radius 2 is 2.00 bits per heavy atom. The van der Waals surface area contributed by atoms with Gasteiger partial charge in [-0.3, -0.25) is 4.79 Å². The monoisotopic (exact) mass is 381 g/mol. The number of nitrogens with zero attached hydrogens (tertiary/aromatic N) is 2.